The van der Waals surface area contributed by atoms with Crippen LogP contribution in [0, 0.1) is 5.92 Å². The molecule has 0 bridgehead atoms. The Morgan fingerprint density at radius 2 is 1.73 bits per heavy atom. The van der Waals surface area contributed by atoms with E-state index >= 15 is 0 Å². The topological polar surface area (TPSA) is 15.3 Å². The predicted octanol–water partition coefficient (Wildman–Crippen LogP) is 2.74. The third-order valence-electron chi connectivity index (χ3n) is 2.30. The molecule has 2 heteroatoms. The van der Waals surface area contributed by atoms with Crippen LogP contribution < -0.4 is 5.32 Å². The molecule has 0 atom stereocenters. The lowest BCUT2D eigenvalue weighted by molar-refractivity contribution is 0.287. The van der Waals surface area contributed by atoms with Gasteiger partial charge in [-0.15, -0.1) is 0 Å². The molecular formula is C13H30N2. The van der Waals surface area contributed by atoms with Crippen LogP contribution in [0.15, 0.2) is 0 Å². The molecule has 2 nitrogen and oxygen atoms in total. The van der Waals surface area contributed by atoms with E-state index in [0.717, 1.165) is 12.5 Å². The summed E-state index contributed by atoms with van der Waals surface area (Å²) in [5, 5.41) is 3.52. The van der Waals surface area contributed by atoms with Gasteiger partial charge in [-0.2, -0.15) is 0 Å². The smallest absolute Gasteiger partial charge is 0.00965 e. The van der Waals surface area contributed by atoms with Crippen molar-refractivity contribution in [3.05, 3.63) is 0 Å². The zero-order valence-electron chi connectivity index (χ0n) is 11.6. The average Bonchev–Trinajstić information content (AvgIpc) is 1.99. The van der Waals surface area contributed by atoms with Gasteiger partial charge in [-0.05, 0) is 59.7 Å². The number of hydrogen-bond acceptors (Lipinski definition) is 2. The highest BCUT2D eigenvalue weighted by Gasteiger charge is 2.07. The van der Waals surface area contributed by atoms with Crippen LogP contribution >= 0.6 is 0 Å². The Hall–Kier alpha value is -0.0800. The number of hydrogen-bond donors (Lipinski definition) is 1. The molecule has 0 rings (SSSR count). The number of unbranched alkanes of at least 4 members (excludes halogenated alkanes) is 1. The molecule has 0 aliphatic carbocycles. The number of nitrogens with zero attached hydrogens (tertiary/aromatic N) is 1. The second-order valence-electron chi connectivity index (χ2n) is 6.04. The molecule has 0 heterocycles. The van der Waals surface area contributed by atoms with Crippen molar-refractivity contribution < 1.29 is 0 Å². The van der Waals surface area contributed by atoms with Crippen molar-refractivity contribution in [3.63, 3.8) is 0 Å². The molecular weight excluding hydrogens is 184 g/mol. The second-order valence-corrected chi connectivity index (χ2v) is 6.04. The lowest BCUT2D eigenvalue weighted by atomic mass is 10.1. The summed E-state index contributed by atoms with van der Waals surface area (Å²) in [5.74, 6) is 0.780. The van der Waals surface area contributed by atoms with Crippen LogP contribution in [0.4, 0.5) is 0 Å². The molecule has 0 aromatic heterocycles. The minimum atomic E-state index is 0.268. The van der Waals surface area contributed by atoms with Gasteiger partial charge in [0.2, 0.25) is 0 Å². The van der Waals surface area contributed by atoms with Gasteiger partial charge in [0, 0.05) is 12.1 Å². The van der Waals surface area contributed by atoms with Gasteiger partial charge >= 0.3 is 0 Å². The Bertz CT molecular complexity index is 147. The molecule has 92 valence electrons. The Morgan fingerprint density at radius 3 is 2.20 bits per heavy atom. The van der Waals surface area contributed by atoms with Gasteiger partial charge in [0.25, 0.3) is 0 Å². The molecule has 0 radical (unpaired) electrons. The number of rotatable bonds is 7. The number of nitrogens with one attached hydrogen (secondary N) is 1. The largest absolute Gasteiger partial charge is 0.312 e. The van der Waals surface area contributed by atoms with Crippen molar-refractivity contribution in [2.75, 3.05) is 26.7 Å². The Morgan fingerprint density at radius 1 is 1.13 bits per heavy atom. The first-order valence-corrected chi connectivity index (χ1v) is 6.25. The molecule has 0 amide bonds. The fourth-order valence-corrected chi connectivity index (χ4v) is 1.68. The first-order valence-electron chi connectivity index (χ1n) is 6.25. The SMILES string of the molecule is CC(C)CN(C)CCCCNC(C)(C)C. The summed E-state index contributed by atoms with van der Waals surface area (Å²) in [6.07, 6.45) is 2.58. The summed E-state index contributed by atoms with van der Waals surface area (Å²) in [6.45, 7) is 14.8. The van der Waals surface area contributed by atoms with Gasteiger partial charge in [-0.25, -0.2) is 0 Å². The van der Waals surface area contributed by atoms with Gasteiger partial charge in [0.05, 0.1) is 0 Å². The molecule has 0 fully saturated rings. The highest BCUT2D eigenvalue weighted by molar-refractivity contribution is 4.69. The van der Waals surface area contributed by atoms with Crippen LogP contribution in [0.2, 0.25) is 0 Å². The van der Waals surface area contributed by atoms with E-state index in [-0.39, 0.29) is 5.54 Å². The van der Waals surface area contributed by atoms with Crippen LogP contribution in [0.3, 0.4) is 0 Å². The van der Waals surface area contributed by atoms with Crippen molar-refractivity contribution in [1.29, 1.82) is 0 Å². The maximum Gasteiger partial charge on any atom is 0.00965 e. The summed E-state index contributed by atoms with van der Waals surface area (Å²) < 4.78 is 0. The van der Waals surface area contributed by atoms with E-state index in [0.29, 0.717) is 0 Å². The molecule has 0 aromatic rings. The lowest BCUT2D eigenvalue weighted by Crippen LogP contribution is -2.36. The first kappa shape index (κ1) is 14.9. The molecule has 0 saturated carbocycles. The third-order valence-corrected chi connectivity index (χ3v) is 2.30. The molecule has 15 heavy (non-hydrogen) atoms. The normalized spacial score (nSPS) is 12.8. The molecule has 1 N–H and O–H groups in total. The van der Waals surface area contributed by atoms with Gasteiger partial charge in [0.15, 0.2) is 0 Å². The first-order chi connectivity index (χ1) is 6.81. The summed E-state index contributed by atoms with van der Waals surface area (Å²) in [5.41, 5.74) is 0.268. The monoisotopic (exact) mass is 214 g/mol. The summed E-state index contributed by atoms with van der Waals surface area (Å²) >= 11 is 0. The second kappa shape index (κ2) is 7.24. The Balaban J connectivity index is 3.31. The van der Waals surface area contributed by atoms with E-state index in [4.69, 9.17) is 0 Å². The van der Waals surface area contributed by atoms with E-state index in [9.17, 15) is 0 Å². The van der Waals surface area contributed by atoms with Gasteiger partial charge in [-0.3, -0.25) is 0 Å². The minimum Gasteiger partial charge on any atom is -0.312 e. The predicted molar refractivity (Wildman–Crippen MR) is 69.3 cm³/mol. The minimum absolute atomic E-state index is 0.268. The van der Waals surface area contributed by atoms with Crippen LogP contribution in [0.1, 0.15) is 47.5 Å². The molecule has 0 unspecified atom stereocenters. The zero-order valence-corrected chi connectivity index (χ0v) is 11.6. The molecule has 0 aliphatic heterocycles. The highest BCUT2D eigenvalue weighted by atomic mass is 15.1. The van der Waals surface area contributed by atoms with Crippen LogP contribution in [-0.4, -0.2) is 37.1 Å². The fourth-order valence-electron chi connectivity index (χ4n) is 1.68. The molecule has 0 spiro atoms. The van der Waals surface area contributed by atoms with Crippen molar-refractivity contribution in [2.45, 2.75) is 53.0 Å². The van der Waals surface area contributed by atoms with Crippen LogP contribution in [-0.2, 0) is 0 Å². The van der Waals surface area contributed by atoms with Gasteiger partial charge < -0.3 is 10.2 Å². The summed E-state index contributed by atoms with van der Waals surface area (Å²) in [6, 6.07) is 0. The van der Waals surface area contributed by atoms with Gasteiger partial charge in [0.1, 0.15) is 0 Å². The van der Waals surface area contributed by atoms with E-state index in [1.807, 2.05) is 0 Å². The fraction of sp³-hybridized carbons (Fsp3) is 1.00. The summed E-state index contributed by atoms with van der Waals surface area (Å²) in [4.78, 5) is 2.43. The van der Waals surface area contributed by atoms with Crippen molar-refractivity contribution in [3.8, 4) is 0 Å². The van der Waals surface area contributed by atoms with Crippen molar-refractivity contribution in [1.82, 2.24) is 10.2 Å². The molecule has 0 aliphatic rings. The van der Waals surface area contributed by atoms with Crippen molar-refractivity contribution >= 4 is 0 Å². The molecule has 0 aromatic carbocycles. The molecule has 0 saturated heterocycles. The van der Waals surface area contributed by atoms with E-state index in [1.165, 1.54) is 25.9 Å². The summed E-state index contributed by atoms with van der Waals surface area (Å²) in [7, 11) is 2.22. The van der Waals surface area contributed by atoms with E-state index in [2.05, 4.69) is 51.9 Å². The highest BCUT2D eigenvalue weighted by Crippen LogP contribution is 2.01. The zero-order chi connectivity index (χ0) is 11.9. The Labute approximate surface area is 96.4 Å². The van der Waals surface area contributed by atoms with Crippen LogP contribution in [0.5, 0.6) is 0 Å². The lowest BCUT2D eigenvalue weighted by Gasteiger charge is -2.21. The third kappa shape index (κ3) is 11.8. The standard InChI is InChI=1S/C13H30N2/c1-12(2)11-15(6)10-8-7-9-14-13(3,4)5/h12,14H,7-11H2,1-6H3. The maximum atomic E-state index is 3.52. The van der Waals surface area contributed by atoms with E-state index in [1.54, 1.807) is 0 Å². The van der Waals surface area contributed by atoms with E-state index < -0.39 is 0 Å². The maximum absolute atomic E-state index is 3.52. The van der Waals surface area contributed by atoms with Crippen molar-refractivity contribution in [2.24, 2.45) is 5.92 Å². The van der Waals surface area contributed by atoms with Gasteiger partial charge in [-0.1, -0.05) is 13.8 Å². The quantitative estimate of drug-likeness (QED) is 0.656. The van der Waals surface area contributed by atoms with Crippen LogP contribution in [0.25, 0.3) is 0 Å². The average molecular weight is 214 g/mol. The Kier molecular flexibility index (Phi) is 7.20.